The lowest BCUT2D eigenvalue weighted by Crippen LogP contribution is -2.65. The Balaban J connectivity index is 1.64. The van der Waals surface area contributed by atoms with Crippen LogP contribution >= 0.6 is 0 Å². The maximum atomic E-state index is 13.5. The highest BCUT2D eigenvalue weighted by Gasteiger charge is 2.62. The lowest BCUT2D eigenvalue weighted by molar-refractivity contribution is -0.322. The molecule has 4 aliphatic rings. The van der Waals surface area contributed by atoms with Gasteiger partial charge < -0.3 is 57.6 Å². The predicted molar refractivity (Wildman–Crippen MR) is 159 cm³/mol. The van der Waals surface area contributed by atoms with Gasteiger partial charge in [0.15, 0.2) is 17.8 Å². The zero-order valence-electron chi connectivity index (χ0n) is 28.6. The van der Waals surface area contributed by atoms with Crippen molar-refractivity contribution in [3.8, 4) is 0 Å². The van der Waals surface area contributed by atoms with E-state index < -0.39 is 128 Å². The molecule has 12 atom stereocenters. The minimum absolute atomic E-state index is 0.0900. The largest absolute Gasteiger partial charge is 0.467 e. The number of rotatable bonds is 14. The Morgan fingerprint density at radius 1 is 0.900 bits per heavy atom. The van der Waals surface area contributed by atoms with Crippen LogP contribution in [0.2, 0.25) is 0 Å². The molecule has 0 spiro atoms. The van der Waals surface area contributed by atoms with Crippen LogP contribution in [-0.2, 0) is 76.1 Å². The summed E-state index contributed by atoms with van der Waals surface area (Å²) in [6.45, 7) is 3.61. The van der Waals surface area contributed by atoms with Crippen LogP contribution in [0.5, 0.6) is 0 Å². The fraction of sp³-hybridized carbons (Fsp3) is 0.806. The molecule has 0 bridgehead atoms. The maximum absolute atomic E-state index is 13.5. The Hall–Kier alpha value is -3.46. The van der Waals surface area contributed by atoms with Gasteiger partial charge in [0, 0.05) is 33.1 Å². The van der Waals surface area contributed by atoms with E-state index in [1.807, 2.05) is 0 Å². The van der Waals surface area contributed by atoms with Crippen molar-refractivity contribution in [2.24, 2.45) is 5.92 Å². The number of esters is 6. The molecular weight excluding hydrogens is 674 g/mol. The van der Waals surface area contributed by atoms with Gasteiger partial charge in [-0.15, -0.1) is 0 Å². The van der Waals surface area contributed by atoms with Crippen LogP contribution in [0.1, 0.15) is 53.4 Å². The van der Waals surface area contributed by atoms with Gasteiger partial charge in [-0.3, -0.25) is 24.5 Å². The molecule has 19 heteroatoms. The van der Waals surface area contributed by atoms with Gasteiger partial charge in [0.05, 0.1) is 52.5 Å². The molecule has 0 saturated carbocycles. The summed E-state index contributed by atoms with van der Waals surface area (Å²) in [5, 5.41) is 25.7. The van der Waals surface area contributed by atoms with E-state index in [9.17, 15) is 39.0 Å². The van der Waals surface area contributed by atoms with Crippen molar-refractivity contribution in [3.05, 3.63) is 0 Å². The molecule has 4 saturated heterocycles. The Morgan fingerprint density at radius 2 is 1.58 bits per heavy atom. The van der Waals surface area contributed by atoms with Crippen molar-refractivity contribution in [1.82, 2.24) is 5.32 Å². The molecule has 3 N–H and O–H groups in total. The third kappa shape index (κ3) is 8.35. The zero-order valence-corrected chi connectivity index (χ0v) is 28.6. The summed E-state index contributed by atoms with van der Waals surface area (Å²) in [5.74, 6) is -8.32. The number of nitrogens with one attached hydrogen (secondary N) is 1. The molecule has 4 fully saturated rings. The van der Waals surface area contributed by atoms with E-state index in [4.69, 9.17) is 47.4 Å². The number of fused-ring (bicyclic) bond motifs is 2. The molecule has 0 aliphatic carbocycles. The van der Waals surface area contributed by atoms with Crippen LogP contribution in [0, 0.1) is 5.92 Å². The van der Waals surface area contributed by atoms with Gasteiger partial charge in [0.25, 0.3) is 5.79 Å². The van der Waals surface area contributed by atoms with Crippen LogP contribution in [0.4, 0.5) is 0 Å². The Kier molecular flexibility index (Phi) is 12.8. The van der Waals surface area contributed by atoms with Gasteiger partial charge in [-0.2, -0.15) is 0 Å². The van der Waals surface area contributed by atoms with E-state index in [1.54, 1.807) is 6.92 Å². The summed E-state index contributed by atoms with van der Waals surface area (Å²) in [6, 6.07) is -0.646. The predicted octanol–water partition coefficient (Wildman–Crippen LogP) is -1.83. The van der Waals surface area contributed by atoms with Gasteiger partial charge in [-0.05, 0) is 6.42 Å². The summed E-state index contributed by atoms with van der Waals surface area (Å²) in [6.07, 6.45) is -11.4. The molecule has 0 aromatic heterocycles. The number of carbonyl (C=O) groups excluding carboxylic acids is 6. The fourth-order valence-corrected chi connectivity index (χ4v) is 6.89. The van der Waals surface area contributed by atoms with Crippen molar-refractivity contribution < 1.29 is 86.3 Å². The Morgan fingerprint density at radius 3 is 2.18 bits per heavy atom. The average molecular weight is 720 g/mol. The van der Waals surface area contributed by atoms with E-state index >= 15 is 0 Å². The second kappa shape index (κ2) is 16.3. The van der Waals surface area contributed by atoms with Crippen molar-refractivity contribution in [2.75, 3.05) is 34.2 Å². The molecule has 4 aliphatic heterocycles. The van der Waals surface area contributed by atoms with Gasteiger partial charge in [0.2, 0.25) is 0 Å². The summed E-state index contributed by atoms with van der Waals surface area (Å²) in [4.78, 5) is 74.8. The first-order valence-corrected chi connectivity index (χ1v) is 16.1. The topological polar surface area (TPSA) is 247 Å². The number of aliphatic hydroxyl groups is 2. The van der Waals surface area contributed by atoms with Crippen LogP contribution in [0.15, 0.2) is 0 Å². The third-order valence-corrected chi connectivity index (χ3v) is 9.25. The normalized spacial score (nSPS) is 34.1. The Bertz CT molecular complexity index is 1290. The molecule has 19 nitrogen and oxygen atoms in total. The minimum atomic E-state index is -2.45. The van der Waals surface area contributed by atoms with E-state index in [-0.39, 0.29) is 26.0 Å². The highest BCUT2D eigenvalue weighted by molar-refractivity contribution is 5.80. The smallest absolute Gasteiger partial charge is 0.366 e. The van der Waals surface area contributed by atoms with Crippen molar-refractivity contribution in [2.45, 2.75) is 120 Å². The minimum Gasteiger partial charge on any atom is -0.467 e. The van der Waals surface area contributed by atoms with Crippen molar-refractivity contribution >= 4 is 35.8 Å². The third-order valence-electron chi connectivity index (χ3n) is 9.25. The number of ether oxygens (including phenoxy) is 10. The van der Waals surface area contributed by atoms with Crippen molar-refractivity contribution in [1.29, 1.82) is 0 Å². The first-order chi connectivity index (χ1) is 23.6. The van der Waals surface area contributed by atoms with Gasteiger partial charge in [-0.25, -0.2) is 9.59 Å². The van der Waals surface area contributed by atoms with Crippen LogP contribution in [-0.4, -0.2) is 146 Å². The first-order valence-electron chi connectivity index (χ1n) is 16.1. The van der Waals surface area contributed by atoms with Crippen LogP contribution in [0.25, 0.3) is 0 Å². The van der Waals surface area contributed by atoms with E-state index in [2.05, 4.69) is 5.32 Å². The molecule has 4 heterocycles. The highest BCUT2D eigenvalue weighted by atomic mass is 16.7. The molecule has 282 valence electrons. The number of carbonyl (C=O) groups is 6. The van der Waals surface area contributed by atoms with Gasteiger partial charge in [-0.1, -0.05) is 6.92 Å². The molecule has 4 rings (SSSR count). The number of hydrogen-bond donors (Lipinski definition) is 3. The summed E-state index contributed by atoms with van der Waals surface area (Å²) in [5.41, 5.74) is -1.49. The molecule has 0 aromatic rings. The second-order valence-corrected chi connectivity index (χ2v) is 12.5. The number of hydrogen-bond acceptors (Lipinski definition) is 19. The zero-order chi connectivity index (χ0) is 37.0. The van der Waals surface area contributed by atoms with E-state index in [1.165, 1.54) is 7.11 Å². The fourth-order valence-electron chi connectivity index (χ4n) is 6.89. The molecule has 0 radical (unpaired) electrons. The van der Waals surface area contributed by atoms with E-state index in [0.717, 1.165) is 27.9 Å². The summed E-state index contributed by atoms with van der Waals surface area (Å²) >= 11 is 0. The monoisotopic (exact) mass is 719 g/mol. The van der Waals surface area contributed by atoms with Gasteiger partial charge >= 0.3 is 35.8 Å². The lowest BCUT2D eigenvalue weighted by atomic mass is 9.82. The van der Waals surface area contributed by atoms with Crippen LogP contribution < -0.4 is 5.32 Å². The standard InChI is InChI=1S/C31H45NO18/c1-7-30(28(39)41-5)9-20-23(32-13-44-20)27(49-30)24(38)18(36)11-45-31(29(40)42-6)10-19-17(8-22(37)48-19)25(50-31)26(47-16(4)35)21(46-15(3)34)12-43-14(2)33/h17-21,23-27,32,36,38H,7-13H2,1-6H3. The van der Waals surface area contributed by atoms with E-state index in [0.29, 0.717) is 0 Å². The second-order valence-electron chi connectivity index (χ2n) is 12.5. The summed E-state index contributed by atoms with van der Waals surface area (Å²) in [7, 11) is 2.22. The first kappa shape index (κ1) is 39.3. The molecular formula is C31H45NO18. The summed E-state index contributed by atoms with van der Waals surface area (Å²) < 4.78 is 55.3. The quantitative estimate of drug-likeness (QED) is 0.132. The number of aliphatic hydroxyl groups excluding tert-OH is 2. The molecule has 0 aromatic carbocycles. The molecule has 0 amide bonds. The molecule has 50 heavy (non-hydrogen) atoms. The highest BCUT2D eigenvalue weighted by Crippen LogP contribution is 2.44. The lowest BCUT2D eigenvalue weighted by Gasteiger charge is -2.47. The maximum Gasteiger partial charge on any atom is 0.366 e. The van der Waals surface area contributed by atoms with Gasteiger partial charge in [0.1, 0.15) is 37.1 Å². The molecule has 12 unspecified atom stereocenters. The Labute approximate surface area is 287 Å². The SMILES string of the molecule is CCC1(C(=O)OC)CC2OCNC2C(C(O)C(O)COC2(C(=O)OC)CC3OC(=O)CC3C(C(OC(C)=O)C(COC(C)=O)OC(C)=O)O2)O1. The number of methoxy groups -OCH3 is 2. The average Bonchev–Trinajstić information content (AvgIpc) is 3.71. The van der Waals surface area contributed by atoms with Crippen molar-refractivity contribution in [3.63, 3.8) is 0 Å². The van der Waals surface area contributed by atoms with Crippen LogP contribution in [0.3, 0.4) is 0 Å².